The van der Waals surface area contributed by atoms with E-state index in [1.807, 2.05) is 6.07 Å². The number of benzene rings is 1. The lowest BCUT2D eigenvalue weighted by molar-refractivity contribution is 0.411. The lowest BCUT2D eigenvalue weighted by atomic mass is 9.95. The molecular weight excluding hydrogens is 302 g/mol. The quantitative estimate of drug-likeness (QED) is 0.774. The van der Waals surface area contributed by atoms with Crippen molar-refractivity contribution in [3.63, 3.8) is 0 Å². The molecule has 1 unspecified atom stereocenters. The molecule has 0 aliphatic heterocycles. The lowest BCUT2D eigenvalue weighted by Crippen LogP contribution is -2.26. The average molecular weight is 326 g/mol. The lowest BCUT2D eigenvalue weighted by Gasteiger charge is -2.18. The van der Waals surface area contributed by atoms with E-state index in [9.17, 15) is 0 Å². The molecule has 0 bridgehead atoms. The predicted molar refractivity (Wildman–Crippen MR) is 83.8 cm³/mol. The van der Waals surface area contributed by atoms with Gasteiger partial charge in [-0.25, -0.2) is 0 Å². The van der Waals surface area contributed by atoms with E-state index >= 15 is 0 Å². The van der Waals surface area contributed by atoms with Gasteiger partial charge in [0, 0.05) is 10.5 Å². The Morgan fingerprint density at radius 2 is 2.21 bits per heavy atom. The normalized spacial score (nSPS) is 16.4. The molecule has 1 aliphatic rings. The highest BCUT2D eigenvalue weighted by Crippen LogP contribution is 2.27. The van der Waals surface area contributed by atoms with Crippen molar-refractivity contribution in [2.45, 2.75) is 45.1 Å². The third-order valence-corrected chi connectivity index (χ3v) is 4.50. The highest BCUT2D eigenvalue weighted by atomic mass is 79.9. The molecule has 1 aliphatic carbocycles. The van der Waals surface area contributed by atoms with Crippen molar-refractivity contribution in [1.29, 1.82) is 0 Å². The van der Waals surface area contributed by atoms with Crippen LogP contribution in [0.1, 0.15) is 38.2 Å². The molecule has 1 saturated carbocycles. The summed E-state index contributed by atoms with van der Waals surface area (Å²) in [5.41, 5.74) is 1.36. The highest BCUT2D eigenvalue weighted by Gasteiger charge is 2.22. The van der Waals surface area contributed by atoms with Gasteiger partial charge in [-0.1, -0.05) is 29.3 Å². The summed E-state index contributed by atoms with van der Waals surface area (Å²) >= 11 is 3.66. The Hall–Kier alpha value is -0.540. The highest BCUT2D eigenvalue weighted by molar-refractivity contribution is 9.10. The van der Waals surface area contributed by atoms with Gasteiger partial charge in [-0.2, -0.15) is 0 Å². The Kier molecular flexibility index (Phi) is 5.71. The van der Waals surface area contributed by atoms with Gasteiger partial charge in [0.15, 0.2) is 0 Å². The fourth-order valence-electron chi connectivity index (χ4n) is 2.45. The summed E-state index contributed by atoms with van der Waals surface area (Å²) in [5.74, 6) is 1.66. The van der Waals surface area contributed by atoms with Gasteiger partial charge in [0.2, 0.25) is 0 Å². The molecule has 19 heavy (non-hydrogen) atoms. The van der Waals surface area contributed by atoms with Crippen LogP contribution in [0.25, 0.3) is 0 Å². The Labute approximate surface area is 125 Å². The summed E-state index contributed by atoms with van der Waals surface area (Å²) in [7, 11) is 1.73. The molecular formula is C16H24BrNO. The smallest absolute Gasteiger partial charge is 0.119 e. The molecule has 2 rings (SSSR count). The third-order valence-electron chi connectivity index (χ3n) is 3.73. The second-order valence-electron chi connectivity index (χ2n) is 5.50. The second-order valence-corrected chi connectivity index (χ2v) is 6.35. The largest absolute Gasteiger partial charge is 0.497 e. The van der Waals surface area contributed by atoms with Crippen LogP contribution in [0.2, 0.25) is 0 Å². The molecule has 0 radical (unpaired) electrons. The van der Waals surface area contributed by atoms with E-state index in [0.29, 0.717) is 5.92 Å². The minimum atomic E-state index is 0.717. The molecule has 1 aromatic rings. The Morgan fingerprint density at radius 1 is 1.42 bits per heavy atom. The van der Waals surface area contributed by atoms with Gasteiger partial charge in [-0.3, -0.25) is 0 Å². The molecule has 106 valence electrons. The fourth-order valence-corrected chi connectivity index (χ4v) is 2.86. The molecule has 0 spiro atoms. The second kappa shape index (κ2) is 7.30. The van der Waals surface area contributed by atoms with Crippen molar-refractivity contribution in [2.75, 3.05) is 13.7 Å². The molecule has 2 nitrogen and oxygen atoms in total. The van der Waals surface area contributed by atoms with Gasteiger partial charge in [0.1, 0.15) is 5.75 Å². The first-order chi connectivity index (χ1) is 9.22. The van der Waals surface area contributed by atoms with Crippen LogP contribution in [0.3, 0.4) is 0 Å². The standard InChI is InChI=1S/C16H24BrNO/c1-3-4-12(11-18-14-5-6-14)9-13-10-15(19-2)7-8-16(13)17/h7-8,10,12,14,18H,3-6,9,11H2,1-2H3. The molecule has 0 saturated heterocycles. The zero-order chi connectivity index (χ0) is 13.7. The number of hydrogen-bond donors (Lipinski definition) is 1. The summed E-state index contributed by atoms with van der Waals surface area (Å²) in [6, 6.07) is 7.05. The SMILES string of the molecule is CCCC(CNC1CC1)Cc1cc(OC)ccc1Br. The van der Waals surface area contributed by atoms with Crippen molar-refractivity contribution in [2.24, 2.45) is 5.92 Å². The number of ether oxygens (including phenoxy) is 1. The number of methoxy groups -OCH3 is 1. The molecule has 1 aromatic carbocycles. The molecule has 3 heteroatoms. The van der Waals surface area contributed by atoms with E-state index in [2.05, 4.69) is 40.3 Å². The molecule has 0 aromatic heterocycles. The van der Waals surface area contributed by atoms with Crippen molar-refractivity contribution in [3.05, 3.63) is 28.2 Å². The van der Waals surface area contributed by atoms with Gasteiger partial charge in [0.05, 0.1) is 7.11 Å². The predicted octanol–water partition coefficient (Wildman–Crippen LogP) is 4.17. The average Bonchev–Trinajstić information content (AvgIpc) is 3.23. The Bertz CT molecular complexity index is 404. The maximum absolute atomic E-state index is 5.32. The van der Waals surface area contributed by atoms with Crippen LogP contribution in [0.4, 0.5) is 0 Å². The van der Waals surface area contributed by atoms with E-state index < -0.39 is 0 Å². The van der Waals surface area contributed by atoms with E-state index in [1.54, 1.807) is 7.11 Å². The van der Waals surface area contributed by atoms with Crippen molar-refractivity contribution >= 4 is 15.9 Å². The van der Waals surface area contributed by atoms with Crippen molar-refractivity contribution in [1.82, 2.24) is 5.32 Å². The van der Waals surface area contributed by atoms with Crippen LogP contribution >= 0.6 is 15.9 Å². The molecule has 1 atom stereocenters. The first-order valence-corrected chi connectivity index (χ1v) is 8.08. The van der Waals surface area contributed by atoms with Gasteiger partial charge >= 0.3 is 0 Å². The summed E-state index contributed by atoms with van der Waals surface area (Å²) in [4.78, 5) is 0. The summed E-state index contributed by atoms with van der Waals surface area (Å²) in [6.07, 6.45) is 6.37. The molecule has 1 N–H and O–H groups in total. The van der Waals surface area contributed by atoms with Crippen LogP contribution in [-0.2, 0) is 6.42 Å². The molecule has 0 amide bonds. The zero-order valence-corrected chi connectivity index (χ0v) is 13.5. The monoisotopic (exact) mass is 325 g/mol. The van der Waals surface area contributed by atoms with Crippen LogP contribution in [0.5, 0.6) is 5.75 Å². The fraction of sp³-hybridized carbons (Fsp3) is 0.625. The number of hydrogen-bond acceptors (Lipinski definition) is 2. The van der Waals surface area contributed by atoms with E-state index in [1.165, 1.54) is 35.7 Å². The van der Waals surface area contributed by atoms with Gasteiger partial charge in [-0.15, -0.1) is 0 Å². The van der Waals surface area contributed by atoms with Crippen LogP contribution < -0.4 is 10.1 Å². The third kappa shape index (κ3) is 4.81. The molecule has 1 fully saturated rings. The maximum Gasteiger partial charge on any atom is 0.119 e. The topological polar surface area (TPSA) is 21.3 Å². The van der Waals surface area contributed by atoms with E-state index in [4.69, 9.17) is 4.74 Å². The van der Waals surface area contributed by atoms with Crippen molar-refractivity contribution in [3.8, 4) is 5.75 Å². The van der Waals surface area contributed by atoms with Crippen LogP contribution in [0.15, 0.2) is 22.7 Å². The Balaban J connectivity index is 1.97. The van der Waals surface area contributed by atoms with E-state index in [0.717, 1.165) is 24.8 Å². The summed E-state index contributed by atoms with van der Waals surface area (Å²) in [5, 5.41) is 3.66. The maximum atomic E-state index is 5.32. The zero-order valence-electron chi connectivity index (χ0n) is 11.9. The van der Waals surface area contributed by atoms with Crippen LogP contribution in [0, 0.1) is 5.92 Å². The first kappa shape index (κ1) is 14.9. The minimum Gasteiger partial charge on any atom is -0.497 e. The number of rotatable bonds is 8. The first-order valence-electron chi connectivity index (χ1n) is 7.28. The van der Waals surface area contributed by atoms with Gasteiger partial charge < -0.3 is 10.1 Å². The van der Waals surface area contributed by atoms with Gasteiger partial charge in [0.25, 0.3) is 0 Å². The summed E-state index contributed by atoms with van der Waals surface area (Å²) < 4.78 is 6.52. The summed E-state index contributed by atoms with van der Waals surface area (Å²) in [6.45, 7) is 3.41. The Morgan fingerprint density at radius 3 is 2.84 bits per heavy atom. The number of halogens is 1. The minimum absolute atomic E-state index is 0.717. The van der Waals surface area contributed by atoms with Crippen LogP contribution in [-0.4, -0.2) is 19.7 Å². The van der Waals surface area contributed by atoms with E-state index in [-0.39, 0.29) is 0 Å². The van der Waals surface area contributed by atoms with Crippen molar-refractivity contribution < 1.29 is 4.74 Å². The molecule has 0 heterocycles. The number of nitrogens with one attached hydrogen (secondary N) is 1. The van der Waals surface area contributed by atoms with Gasteiger partial charge in [-0.05, 0) is 61.9 Å².